The summed E-state index contributed by atoms with van der Waals surface area (Å²) in [7, 11) is 0. The van der Waals surface area contributed by atoms with E-state index in [0.29, 0.717) is 5.41 Å². The molecule has 76 valence electrons. The first-order valence-electron chi connectivity index (χ1n) is 4.18. The van der Waals surface area contributed by atoms with E-state index in [9.17, 15) is 0 Å². The summed E-state index contributed by atoms with van der Waals surface area (Å²) in [6.45, 7) is 5.48. The summed E-state index contributed by atoms with van der Waals surface area (Å²) < 4.78 is 0.910. The third kappa shape index (κ3) is 3.01. The molecule has 0 bridgehead atoms. The Labute approximate surface area is 94.0 Å². The molecule has 0 aromatic carbocycles. The van der Waals surface area contributed by atoms with Gasteiger partial charge in [-0.2, -0.15) is 0 Å². The van der Waals surface area contributed by atoms with Gasteiger partial charge in [0.05, 0.1) is 0 Å². The van der Waals surface area contributed by atoms with Crippen molar-refractivity contribution in [1.82, 2.24) is 4.90 Å². The molecule has 1 fully saturated rings. The number of hydrogen-bond acceptors (Lipinski definition) is 4. The van der Waals surface area contributed by atoms with Crippen molar-refractivity contribution in [3.8, 4) is 0 Å². The van der Waals surface area contributed by atoms with Gasteiger partial charge < -0.3 is 10.6 Å². The van der Waals surface area contributed by atoms with Gasteiger partial charge in [0, 0.05) is 12.3 Å². The van der Waals surface area contributed by atoms with Gasteiger partial charge >= 0.3 is 0 Å². The van der Waals surface area contributed by atoms with Crippen molar-refractivity contribution in [2.24, 2.45) is 11.1 Å². The van der Waals surface area contributed by atoms with Gasteiger partial charge in [0.2, 0.25) is 0 Å². The van der Waals surface area contributed by atoms with Crippen LogP contribution in [0.2, 0.25) is 0 Å². The van der Waals surface area contributed by atoms with E-state index in [1.807, 2.05) is 6.26 Å². The zero-order valence-corrected chi connectivity index (χ0v) is 10.7. The first-order chi connectivity index (χ1) is 5.96. The lowest BCUT2D eigenvalue weighted by Gasteiger charge is -2.42. The van der Waals surface area contributed by atoms with Gasteiger partial charge in [0.1, 0.15) is 9.82 Å². The second-order valence-electron chi connectivity index (χ2n) is 3.96. The molecule has 0 radical (unpaired) electrons. The normalized spacial score (nSPS) is 27.4. The molecule has 13 heavy (non-hydrogen) atoms. The van der Waals surface area contributed by atoms with Crippen molar-refractivity contribution in [2.75, 3.05) is 18.6 Å². The van der Waals surface area contributed by atoms with E-state index < -0.39 is 0 Å². The molecule has 2 nitrogen and oxygen atoms in total. The van der Waals surface area contributed by atoms with Gasteiger partial charge in [0.15, 0.2) is 0 Å². The third-order valence-electron chi connectivity index (χ3n) is 1.96. The van der Waals surface area contributed by atoms with Crippen LogP contribution in [0.3, 0.4) is 0 Å². The molecular formula is C8H16N2S3. The Kier molecular flexibility index (Phi) is 3.92. The van der Waals surface area contributed by atoms with Crippen LogP contribution in [0.25, 0.3) is 0 Å². The van der Waals surface area contributed by atoms with Crippen LogP contribution >= 0.6 is 35.7 Å². The van der Waals surface area contributed by atoms with Crippen molar-refractivity contribution in [2.45, 2.75) is 19.3 Å². The van der Waals surface area contributed by atoms with Gasteiger partial charge in [-0.1, -0.05) is 26.1 Å². The lowest BCUT2D eigenvalue weighted by atomic mass is 9.96. The van der Waals surface area contributed by atoms with Crippen LogP contribution < -0.4 is 5.73 Å². The molecule has 0 spiro atoms. The van der Waals surface area contributed by atoms with Crippen LogP contribution in [0, 0.1) is 5.41 Å². The Bertz CT molecular complexity index is 206. The SMILES string of the molecule is CSC(=S)N1CC(C)(C)CSC1N. The third-order valence-corrected chi connectivity index (χ3v) is 4.82. The average molecular weight is 236 g/mol. The Hall–Kier alpha value is 0.550. The maximum atomic E-state index is 5.96. The van der Waals surface area contributed by atoms with Crippen LogP contribution in [0.1, 0.15) is 13.8 Å². The maximum Gasteiger partial charge on any atom is 0.138 e. The van der Waals surface area contributed by atoms with Gasteiger partial charge in [-0.25, -0.2) is 0 Å². The number of rotatable bonds is 0. The molecular weight excluding hydrogens is 220 g/mol. The summed E-state index contributed by atoms with van der Waals surface area (Å²) in [5.74, 6) is 1.11. The summed E-state index contributed by atoms with van der Waals surface area (Å²) in [6, 6.07) is 0. The fraction of sp³-hybridized carbons (Fsp3) is 0.875. The minimum absolute atomic E-state index is 0.0491. The van der Waals surface area contributed by atoms with E-state index in [0.717, 1.165) is 16.6 Å². The van der Waals surface area contributed by atoms with Crippen molar-refractivity contribution in [1.29, 1.82) is 0 Å². The summed E-state index contributed by atoms with van der Waals surface area (Å²) in [6.07, 6.45) is 2.00. The Morgan fingerprint density at radius 1 is 1.69 bits per heavy atom. The fourth-order valence-corrected chi connectivity index (χ4v) is 3.08. The van der Waals surface area contributed by atoms with Gasteiger partial charge in [-0.3, -0.25) is 0 Å². The minimum atomic E-state index is 0.0491. The second kappa shape index (κ2) is 4.38. The van der Waals surface area contributed by atoms with Gasteiger partial charge in [0.25, 0.3) is 0 Å². The molecule has 5 heteroatoms. The number of hydrogen-bond donors (Lipinski definition) is 1. The monoisotopic (exact) mass is 236 g/mol. The predicted octanol–water partition coefficient (Wildman–Crippen LogP) is 1.95. The standard InChI is InChI=1S/C8H16N2S3/c1-8(2)4-10(7(11)12-3)6(9)13-5-8/h6H,4-5,9H2,1-3H3. The number of nitrogens with two attached hydrogens (primary N) is 1. The lowest BCUT2D eigenvalue weighted by Crippen LogP contribution is -2.51. The first kappa shape index (κ1) is 11.6. The molecule has 0 aliphatic carbocycles. The predicted molar refractivity (Wildman–Crippen MR) is 67.0 cm³/mol. The second-order valence-corrected chi connectivity index (χ2v) is 6.51. The highest BCUT2D eigenvalue weighted by atomic mass is 32.2. The molecule has 1 saturated heterocycles. The van der Waals surface area contributed by atoms with Crippen molar-refractivity contribution >= 4 is 40.1 Å². The molecule has 1 aliphatic heterocycles. The largest absolute Gasteiger partial charge is 0.333 e. The highest BCUT2D eigenvalue weighted by molar-refractivity contribution is 8.22. The number of thioether (sulfide) groups is 2. The van der Waals surface area contributed by atoms with E-state index in [-0.39, 0.29) is 5.50 Å². The van der Waals surface area contributed by atoms with Crippen LogP contribution in [0.4, 0.5) is 0 Å². The van der Waals surface area contributed by atoms with Crippen LogP contribution in [0.5, 0.6) is 0 Å². The highest BCUT2D eigenvalue weighted by Gasteiger charge is 2.32. The Balaban J connectivity index is 2.65. The Morgan fingerprint density at radius 3 is 2.85 bits per heavy atom. The molecule has 0 aromatic heterocycles. The summed E-state index contributed by atoms with van der Waals surface area (Å²) in [4.78, 5) is 2.12. The fourth-order valence-electron chi connectivity index (χ4n) is 1.28. The minimum Gasteiger partial charge on any atom is -0.333 e. The highest BCUT2D eigenvalue weighted by Crippen LogP contribution is 2.33. The van der Waals surface area contributed by atoms with Crippen molar-refractivity contribution in [3.05, 3.63) is 0 Å². The number of nitrogens with zero attached hydrogens (tertiary/aromatic N) is 1. The molecule has 1 rings (SSSR count). The maximum absolute atomic E-state index is 5.96. The van der Waals surface area contributed by atoms with Gasteiger partial charge in [-0.05, 0) is 11.7 Å². The summed E-state index contributed by atoms with van der Waals surface area (Å²) in [5, 5.41) is 0. The summed E-state index contributed by atoms with van der Waals surface area (Å²) >= 11 is 8.63. The van der Waals surface area contributed by atoms with E-state index in [1.54, 1.807) is 23.5 Å². The Morgan fingerprint density at radius 2 is 2.31 bits per heavy atom. The molecule has 1 heterocycles. The van der Waals surface area contributed by atoms with Crippen molar-refractivity contribution in [3.63, 3.8) is 0 Å². The zero-order chi connectivity index (χ0) is 10.1. The average Bonchev–Trinajstić information content (AvgIpc) is 2.08. The van der Waals surface area contributed by atoms with E-state index >= 15 is 0 Å². The molecule has 0 saturated carbocycles. The van der Waals surface area contributed by atoms with Crippen molar-refractivity contribution < 1.29 is 0 Å². The number of thiocarbonyl (C=S) groups is 1. The first-order valence-corrected chi connectivity index (χ1v) is 6.86. The van der Waals surface area contributed by atoms with Crippen LogP contribution in [-0.4, -0.2) is 33.3 Å². The van der Waals surface area contributed by atoms with Crippen LogP contribution in [0.15, 0.2) is 0 Å². The zero-order valence-electron chi connectivity index (χ0n) is 8.24. The quantitative estimate of drug-likeness (QED) is 0.649. The smallest absolute Gasteiger partial charge is 0.138 e. The van der Waals surface area contributed by atoms with E-state index in [1.165, 1.54) is 0 Å². The lowest BCUT2D eigenvalue weighted by molar-refractivity contribution is 0.261. The van der Waals surface area contributed by atoms with Gasteiger partial charge in [-0.15, -0.1) is 23.5 Å². The molecule has 0 aromatic rings. The molecule has 2 N–H and O–H groups in total. The molecule has 0 amide bonds. The van der Waals surface area contributed by atoms with E-state index in [4.69, 9.17) is 18.0 Å². The molecule has 1 atom stereocenters. The molecule has 1 unspecified atom stereocenters. The topological polar surface area (TPSA) is 29.3 Å². The van der Waals surface area contributed by atoms with E-state index in [2.05, 4.69) is 18.7 Å². The summed E-state index contributed by atoms with van der Waals surface area (Å²) in [5.41, 5.74) is 6.33. The van der Waals surface area contributed by atoms with Crippen LogP contribution in [-0.2, 0) is 0 Å². The molecule has 1 aliphatic rings.